The molecule has 1 heterocycles. The Bertz CT molecular complexity index is 390. The van der Waals surface area contributed by atoms with Crippen LogP contribution in [0.3, 0.4) is 0 Å². The Labute approximate surface area is 102 Å². The third-order valence-corrected chi connectivity index (χ3v) is 2.77. The van der Waals surface area contributed by atoms with Crippen molar-refractivity contribution in [3.63, 3.8) is 0 Å². The molecule has 0 saturated heterocycles. The number of rotatable bonds is 6. The lowest BCUT2D eigenvalue weighted by molar-refractivity contribution is 0.309. The molecule has 1 aromatic carbocycles. The van der Waals surface area contributed by atoms with Crippen LogP contribution in [0.15, 0.2) is 30.9 Å². The highest BCUT2D eigenvalue weighted by molar-refractivity contribution is 5.45. The zero-order valence-corrected chi connectivity index (χ0v) is 10.2. The van der Waals surface area contributed by atoms with Crippen molar-refractivity contribution in [1.29, 1.82) is 0 Å². The molecule has 0 fully saturated rings. The van der Waals surface area contributed by atoms with Crippen molar-refractivity contribution in [2.24, 2.45) is 0 Å². The normalized spacial score (nSPS) is 17.4. The van der Waals surface area contributed by atoms with E-state index >= 15 is 0 Å². The summed E-state index contributed by atoms with van der Waals surface area (Å²) < 4.78 is 11.1. The van der Waals surface area contributed by atoms with Gasteiger partial charge in [-0.2, -0.15) is 0 Å². The highest BCUT2D eigenvalue weighted by Crippen LogP contribution is 2.35. The van der Waals surface area contributed by atoms with E-state index in [1.807, 2.05) is 12.1 Å². The molecule has 0 amide bonds. The predicted octanol–water partition coefficient (Wildman–Crippen LogP) is 2.68. The smallest absolute Gasteiger partial charge is 0.128 e. The Hall–Kier alpha value is -1.48. The quantitative estimate of drug-likeness (QED) is 0.766. The fourth-order valence-electron chi connectivity index (χ4n) is 1.92. The van der Waals surface area contributed by atoms with Crippen LogP contribution in [0.2, 0.25) is 0 Å². The standard InChI is InChI=1S/C14H19NO2/c1-3-7-15-13-10-17-14-9-11(16-8-4-2)5-6-12(13)14/h4-6,9,13,15H,2-3,7-8,10H2,1H3. The SMILES string of the molecule is C=CCOc1ccc2c(c1)OCC2NCCC. The summed E-state index contributed by atoms with van der Waals surface area (Å²) in [7, 11) is 0. The molecule has 2 rings (SSSR count). The first-order valence-electron chi connectivity index (χ1n) is 6.09. The van der Waals surface area contributed by atoms with Crippen LogP contribution in [0.5, 0.6) is 11.5 Å². The lowest BCUT2D eigenvalue weighted by atomic mass is 10.1. The Kier molecular flexibility index (Phi) is 4.04. The summed E-state index contributed by atoms with van der Waals surface area (Å²) in [5.41, 5.74) is 1.23. The highest BCUT2D eigenvalue weighted by Gasteiger charge is 2.23. The van der Waals surface area contributed by atoms with Gasteiger partial charge in [0.25, 0.3) is 0 Å². The third-order valence-electron chi connectivity index (χ3n) is 2.77. The third kappa shape index (κ3) is 2.80. The van der Waals surface area contributed by atoms with Gasteiger partial charge >= 0.3 is 0 Å². The van der Waals surface area contributed by atoms with E-state index in [4.69, 9.17) is 9.47 Å². The van der Waals surface area contributed by atoms with Crippen molar-refractivity contribution in [2.75, 3.05) is 19.8 Å². The first-order chi connectivity index (χ1) is 8.35. The van der Waals surface area contributed by atoms with E-state index in [-0.39, 0.29) is 0 Å². The molecular formula is C14H19NO2. The number of fused-ring (bicyclic) bond motifs is 1. The number of benzene rings is 1. The summed E-state index contributed by atoms with van der Waals surface area (Å²) in [6.07, 6.45) is 2.87. The van der Waals surface area contributed by atoms with Gasteiger partial charge in [0.1, 0.15) is 24.7 Å². The fourth-order valence-corrected chi connectivity index (χ4v) is 1.92. The molecule has 0 aliphatic carbocycles. The molecule has 1 aliphatic heterocycles. The molecule has 3 heteroatoms. The van der Waals surface area contributed by atoms with Crippen LogP contribution in [0.4, 0.5) is 0 Å². The van der Waals surface area contributed by atoms with Gasteiger partial charge in [-0.05, 0) is 25.1 Å². The zero-order valence-electron chi connectivity index (χ0n) is 10.2. The molecule has 1 unspecified atom stereocenters. The van der Waals surface area contributed by atoms with E-state index in [0.717, 1.165) is 24.5 Å². The van der Waals surface area contributed by atoms with Gasteiger partial charge in [-0.25, -0.2) is 0 Å². The van der Waals surface area contributed by atoms with E-state index in [1.165, 1.54) is 5.56 Å². The van der Waals surface area contributed by atoms with Crippen LogP contribution >= 0.6 is 0 Å². The Morgan fingerprint density at radius 3 is 3.24 bits per heavy atom. The molecule has 92 valence electrons. The van der Waals surface area contributed by atoms with Gasteiger partial charge in [-0.15, -0.1) is 0 Å². The van der Waals surface area contributed by atoms with Crippen molar-refractivity contribution in [1.82, 2.24) is 5.32 Å². The lowest BCUT2D eigenvalue weighted by Crippen LogP contribution is -2.22. The molecule has 3 nitrogen and oxygen atoms in total. The second-order valence-electron chi connectivity index (χ2n) is 4.12. The van der Waals surface area contributed by atoms with Crippen molar-refractivity contribution >= 4 is 0 Å². The summed E-state index contributed by atoms with van der Waals surface area (Å²) in [5.74, 6) is 1.76. The molecule has 1 aromatic rings. The van der Waals surface area contributed by atoms with Crippen LogP contribution in [0, 0.1) is 0 Å². The Morgan fingerprint density at radius 2 is 2.47 bits per heavy atom. The van der Waals surface area contributed by atoms with Crippen molar-refractivity contribution in [3.05, 3.63) is 36.4 Å². The van der Waals surface area contributed by atoms with Crippen molar-refractivity contribution < 1.29 is 9.47 Å². The number of hydrogen-bond acceptors (Lipinski definition) is 3. The molecule has 0 bridgehead atoms. The minimum atomic E-state index is 0.318. The zero-order chi connectivity index (χ0) is 12.1. The first kappa shape index (κ1) is 12.0. The predicted molar refractivity (Wildman–Crippen MR) is 68.7 cm³/mol. The maximum Gasteiger partial charge on any atom is 0.128 e. The van der Waals surface area contributed by atoms with E-state index in [0.29, 0.717) is 19.3 Å². The molecule has 0 spiro atoms. The summed E-state index contributed by atoms with van der Waals surface area (Å²) in [5, 5.41) is 3.47. The van der Waals surface area contributed by atoms with Gasteiger partial charge in [0.15, 0.2) is 0 Å². The van der Waals surface area contributed by atoms with Crippen LogP contribution in [0.25, 0.3) is 0 Å². The number of nitrogens with one attached hydrogen (secondary N) is 1. The Morgan fingerprint density at radius 1 is 1.59 bits per heavy atom. The first-order valence-corrected chi connectivity index (χ1v) is 6.09. The molecule has 0 radical (unpaired) electrons. The lowest BCUT2D eigenvalue weighted by Gasteiger charge is -2.10. The molecular weight excluding hydrogens is 214 g/mol. The van der Waals surface area contributed by atoms with Crippen LogP contribution in [0.1, 0.15) is 24.9 Å². The van der Waals surface area contributed by atoms with Crippen LogP contribution < -0.4 is 14.8 Å². The van der Waals surface area contributed by atoms with E-state index in [2.05, 4.69) is 24.9 Å². The minimum absolute atomic E-state index is 0.318. The largest absolute Gasteiger partial charge is 0.491 e. The molecule has 0 aromatic heterocycles. The topological polar surface area (TPSA) is 30.5 Å². The number of hydrogen-bond donors (Lipinski definition) is 1. The van der Waals surface area contributed by atoms with E-state index < -0.39 is 0 Å². The number of ether oxygens (including phenoxy) is 2. The molecule has 1 aliphatic rings. The van der Waals surface area contributed by atoms with Crippen LogP contribution in [-0.4, -0.2) is 19.8 Å². The second kappa shape index (κ2) is 5.73. The van der Waals surface area contributed by atoms with Crippen molar-refractivity contribution in [3.8, 4) is 11.5 Å². The summed E-state index contributed by atoms with van der Waals surface area (Å²) >= 11 is 0. The van der Waals surface area contributed by atoms with Gasteiger partial charge in [0.05, 0.1) is 6.04 Å². The minimum Gasteiger partial charge on any atom is -0.491 e. The monoisotopic (exact) mass is 233 g/mol. The maximum atomic E-state index is 5.66. The molecule has 17 heavy (non-hydrogen) atoms. The highest BCUT2D eigenvalue weighted by atomic mass is 16.5. The van der Waals surface area contributed by atoms with Gasteiger partial charge in [0, 0.05) is 11.6 Å². The Balaban J connectivity index is 2.05. The van der Waals surface area contributed by atoms with Gasteiger partial charge in [-0.1, -0.05) is 19.6 Å². The van der Waals surface area contributed by atoms with E-state index in [1.54, 1.807) is 6.08 Å². The summed E-state index contributed by atoms with van der Waals surface area (Å²) in [6.45, 7) is 8.04. The average Bonchev–Trinajstić information content (AvgIpc) is 2.76. The molecule has 1 atom stereocenters. The van der Waals surface area contributed by atoms with Gasteiger partial charge in [0.2, 0.25) is 0 Å². The van der Waals surface area contributed by atoms with Gasteiger partial charge < -0.3 is 14.8 Å². The summed E-state index contributed by atoms with van der Waals surface area (Å²) in [4.78, 5) is 0. The average molecular weight is 233 g/mol. The summed E-state index contributed by atoms with van der Waals surface area (Å²) in [6, 6.07) is 6.33. The van der Waals surface area contributed by atoms with Crippen LogP contribution in [-0.2, 0) is 0 Å². The maximum absolute atomic E-state index is 5.66. The fraction of sp³-hybridized carbons (Fsp3) is 0.429. The van der Waals surface area contributed by atoms with E-state index in [9.17, 15) is 0 Å². The molecule has 0 saturated carbocycles. The second-order valence-corrected chi connectivity index (χ2v) is 4.12. The van der Waals surface area contributed by atoms with Gasteiger partial charge in [-0.3, -0.25) is 0 Å². The molecule has 1 N–H and O–H groups in total. The van der Waals surface area contributed by atoms with Crippen molar-refractivity contribution in [2.45, 2.75) is 19.4 Å².